The van der Waals surface area contributed by atoms with Crippen LogP contribution in [0.15, 0.2) is 12.1 Å². The molecule has 1 aromatic heterocycles. The fourth-order valence-electron chi connectivity index (χ4n) is 3.57. The molecule has 3 rings (SSSR count). The number of nitrogens with zero attached hydrogens (tertiary/aromatic N) is 4. The lowest BCUT2D eigenvalue weighted by Crippen LogP contribution is -2.48. The molecule has 21 heavy (non-hydrogen) atoms. The number of piperidine rings is 1. The summed E-state index contributed by atoms with van der Waals surface area (Å²) in [5.74, 6) is 0.984. The van der Waals surface area contributed by atoms with Gasteiger partial charge in [-0.3, -0.25) is 4.79 Å². The second-order valence-corrected chi connectivity index (χ2v) is 6.22. The molecule has 1 atom stereocenters. The third kappa shape index (κ3) is 2.25. The van der Waals surface area contributed by atoms with E-state index in [1.54, 1.807) is 0 Å². The zero-order valence-corrected chi connectivity index (χ0v) is 12.6. The Labute approximate surface area is 125 Å². The van der Waals surface area contributed by atoms with Gasteiger partial charge in [-0.1, -0.05) is 0 Å². The van der Waals surface area contributed by atoms with Gasteiger partial charge in [-0.05, 0) is 38.3 Å². The van der Waals surface area contributed by atoms with Gasteiger partial charge < -0.3 is 9.80 Å². The zero-order chi connectivity index (χ0) is 15.0. The normalized spacial score (nSPS) is 25.5. The number of hydrogen-bond acceptors (Lipinski definition) is 4. The molecule has 2 aliphatic rings. The highest BCUT2D eigenvalue weighted by atomic mass is 16.2. The summed E-state index contributed by atoms with van der Waals surface area (Å²) in [6.45, 7) is 4.26. The van der Waals surface area contributed by atoms with Crippen LogP contribution in [-0.4, -0.2) is 42.5 Å². The second kappa shape index (κ2) is 5.03. The zero-order valence-electron chi connectivity index (χ0n) is 12.6. The van der Waals surface area contributed by atoms with Gasteiger partial charge in [0.1, 0.15) is 11.9 Å². The van der Waals surface area contributed by atoms with Crippen LogP contribution in [0.4, 0.5) is 5.82 Å². The Kier molecular flexibility index (Phi) is 3.32. The van der Waals surface area contributed by atoms with Crippen LogP contribution >= 0.6 is 0 Å². The van der Waals surface area contributed by atoms with Crippen molar-refractivity contribution in [3.63, 3.8) is 0 Å². The third-order valence-corrected chi connectivity index (χ3v) is 4.74. The van der Waals surface area contributed by atoms with Crippen molar-refractivity contribution in [2.75, 3.05) is 31.6 Å². The highest BCUT2D eigenvalue weighted by molar-refractivity contribution is 5.85. The summed E-state index contributed by atoms with van der Waals surface area (Å²) in [4.78, 5) is 21.1. The van der Waals surface area contributed by atoms with E-state index in [-0.39, 0.29) is 11.3 Å². The van der Waals surface area contributed by atoms with E-state index in [4.69, 9.17) is 0 Å². The van der Waals surface area contributed by atoms with E-state index >= 15 is 0 Å². The molecule has 1 aromatic rings. The molecule has 1 amide bonds. The van der Waals surface area contributed by atoms with Gasteiger partial charge in [0.2, 0.25) is 5.91 Å². The minimum Gasteiger partial charge on any atom is -0.354 e. The average molecular weight is 284 g/mol. The maximum Gasteiger partial charge on any atom is 0.230 e. The van der Waals surface area contributed by atoms with Gasteiger partial charge in [-0.2, -0.15) is 5.26 Å². The monoisotopic (exact) mass is 284 g/mol. The molecule has 2 fully saturated rings. The van der Waals surface area contributed by atoms with Gasteiger partial charge >= 0.3 is 0 Å². The molecular weight excluding hydrogens is 264 g/mol. The molecule has 0 saturated carbocycles. The largest absolute Gasteiger partial charge is 0.354 e. The van der Waals surface area contributed by atoms with Gasteiger partial charge in [0.15, 0.2) is 0 Å². The number of carbonyl (C=O) groups excluding carboxylic acids is 1. The molecule has 0 unspecified atom stereocenters. The minimum absolute atomic E-state index is 0.252. The number of hydrogen-bond donors (Lipinski definition) is 0. The van der Waals surface area contributed by atoms with Crippen molar-refractivity contribution in [3.8, 4) is 6.07 Å². The Morgan fingerprint density at radius 3 is 2.90 bits per heavy atom. The van der Waals surface area contributed by atoms with Gasteiger partial charge in [0, 0.05) is 32.4 Å². The van der Waals surface area contributed by atoms with Crippen molar-refractivity contribution in [2.45, 2.75) is 26.2 Å². The lowest BCUT2D eigenvalue weighted by molar-refractivity contribution is -0.143. The van der Waals surface area contributed by atoms with Gasteiger partial charge in [-0.25, -0.2) is 4.98 Å². The predicted octanol–water partition coefficient (Wildman–Crippen LogP) is 1.71. The number of carbonyl (C=O) groups is 1. The standard InChI is InChI=1S/C16H20N4O/c1-12-4-5-13(10-17)14(18-12)20-9-7-16(11-20)6-3-8-19(2)15(16)21/h4-5H,3,6-9,11H2,1-2H3/t16-/m0/s1. The molecule has 1 spiro atoms. The Balaban J connectivity index is 1.89. The topological polar surface area (TPSA) is 60.2 Å². The molecule has 2 saturated heterocycles. The SMILES string of the molecule is Cc1ccc(C#N)c(N2CC[C@@]3(CCCN(C)C3=O)C2)n1. The molecule has 5 nitrogen and oxygen atoms in total. The summed E-state index contributed by atoms with van der Waals surface area (Å²) in [5.41, 5.74) is 1.22. The predicted molar refractivity (Wildman–Crippen MR) is 79.8 cm³/mol. The van der Waals surface area contributed by atoms with E-state index in [2.05, 4.69) is 16.0 Å². The number of nitriles is 1. The lowest BCUT2D eigenvalue weighted by atomic mass is 9.78. The third-order valence-electron chi connectivity index (χ3n) is 4.74. The second-order valence-electron chi connectivity index (χ2n) is 6.22. The van der Waals surface area contributed by atoms with Crippen molar-refractivity contribution in [3.05, 3.63) is 23.4 Å². The number of amides is 1. The maximum atomic E-state index is 12.6. The van der Waals surface area contributed by atoms with Crippen LogP contribution in [-0.2, 0) is 4.79 Å². The van der Waals surface area contributed by atoms with Crippen LogP contribution in [0.25, 0.3) is 0 Å². The lowest BCUT2D eigenvalue weighted by Gasteiger charge is -2.37. The Morgan fingerprint density at radius 2 is 2.14 bits per heavy atom. The molecule has 2 aliphatic heterocycles. The average Bonchev–Trinajstić information content (AvgIpc) is 2.90. The highest BCUT2D eigenvalue weighted by Gasteiger charge is 2.48. The molecule has 0 N–H and O–H groups in total. The summed E-state index contributed by atoms with van der Waals surface area (Å²) in [5, 5.41) is 9.27. The number of pyridine rings is 1. The van der Waals surface area contributed by atoms with Gasteiger partial charge in [0.05, 0.1) is 11.0 Å². The maximum absolute atomic E-state index is 12.6. The smallest absolute Gasteiger partial charge is 0.230 e. The first-order valence-corrected chi connectivity index (χ1v) is 7.44. The molecule has 0 aliphatic carbocycles. The summed E-state index contributed by atoms with van der Waals surface area (Å²) < 4.78 is 0. The van der Waals surface area contributed by atoms with Gasteiger partial charge in [-0.15, -0.1) is 0 Å². The van der Waals surface area contributed by atoms with E-state index in [1.807, 2.05) is 31.0 Å². The van der Waals surface area contributed by atoms with Crippen molar-refractivity contribution in [2.24, 2.45) is 5.41 Å². The quantitative estimate of drug-likeness (QED) is 0.787. The van der Waals surface area contributed by atoms with E-state index in [0.717, 1.165) is 43.9 Å². The van der Waals surface area contributed by atoms with E-state index < -0.39 is 0 Å². The molecule has 5 heteroatoms. The number of likely N-dealkylation sites (tertiary alicyclic amines) is 1. The first-order chi connectivity index (χ1) is 10.1. The van der Waals surface area contributed by atoms with Crippen molar-refractivity contribution >= 4 is 11.7 Å². The van der Waals surface area contributed by atoms with Crippen molar-refractivity contribution < 1.29 is 4.79 Å². The summed E-state index contributed by atoms with van der Waals surface area (Å²) in [6.07, 6.45) is 2.86. The number of rotatable bonds is 1. The van der Waals surface area contributed by atoms with Crippen LogP contribution in [0.1, 0.15) is 30.5 Å². The van der Waals surface area contributed by atoms with E-state index in [0.29, 0.717) is 12.1 Å². The first-order valence-electron chi connectivity index (χ1n) is 7.44. The van der Waals surface area contributed by atoms with Crippen LogP contribution in [0.2, 0.25) is 0 Å². The minimum atomic E-state index is -0.273. The fourth-order valence-corrected chi connectivity index (χ4v) is 3.57. The number of aryl methyl sites for hydroxylation is 1. The molecular formula is C16H20N4O. The molecule has 110 valence electrons. The first kappa shape index (κ1) is 13.9. The van der Waals surface area contributed by atoms with E-state index in [9.17, 15) is 10.1 Å². The van der Waals surface area contributed by atoms with Crippen LogP contribution < -0.4 is 4.90 Å². The number of aromatic nitrogens is 1. The Morgan fingerprint density at radius 1 is 1.33 bits per heavy atom. The molecule has 3 heterocycles. The fraction of sp³-hybridized carbons (Fsp3) is 0.562. The summed E-state index contributed by atoms with van der Waals surface area (Å²) in [6, 6.07) is 5.88. The van der Waals surface area contributed by atoms with E-state index in [1.165, 1.54) is 0 Å². The highest BCUT2D eigenvalue weighted by Crippen LogP contribution is 2.41. The van der Waals surface area contributed by atoms with Crippen LogP contribution in [0.3, 0.4) is 0 Å². The molecule has 0 bridgehead atoms. The Bertz CT molecular complexity index is 621. The van der Waals surface area contributed by atoms with Crippen LogP contribution in [0, 0.1) is 23.7 Å². The van der Waals surface area contributed by atoms with Crippen molar-refractivity contribution in [1.29, 1.82) is 5.26 Å². The molecule has 0 radical (unpaired) electrons. The van der Waals surface area contributed by atoms with Crippen LogP contribution in [0.5, 0.6) is 0 Å². The van der Waals surface area contributed by atoms with Crippen molar-refractivity contribution in [1.82, 2.24) is 9.88 Å². The Hall–Kier alpha value is -2.09. The summed E-state index contributed by atoms with van der Waals surface area (Å²) in [7, 11) is 1.89. The summed E-state index contributed by atoms with van der Waals surface area (Å²) >= 11 is 0. The van der Waals surface area contributed by atoms with Gasteiger partial charge in [0.25, 0.3) is 0 Å². The molecule has 0 aromatic carbocycles. The number of anilines is 1.